The van der Waals surface area contributed by atoms with Crippen LogP contribution in [-0.2, 0) is 20.9 Å². The third-order valence-corrected chi connectivity index (χ3v) is 5.00. The Morgan fingerprint density at radius 2 is 1.93 bits per heavy atom. The molecule has 0 aliphatic carbocycles. The summed E-state index contributed by atoms with van der Waals surface area (Å²) >= 11 is 0.744. The van der Waals surface area contributed by atoms with Crippen molar-refractivity contribution >= 4 is 40.6 Å². The van der Waals surface area contributed by atoms with Crippen molar-refractivity contribution < 1.29 is 28.8 Å². The molecule has 0 spiro atoms. The summed E-state index contributed by atoms with van der Waals surface area (Å²) in [6, 6.07) is 12.9. The Bertz CT molecular complexity index is 1030. The van der Waals surface area contributed by atoms with Crippen LogP contribution in [0.5, 0.6) is 5.75 Å². The van der Waals surface area contributed by atoms with Crippen LogP contribution in [0, 0.1) is 10.1 Å². The van der Waals surface area contributed by atoms with E-state index in [-0.39, 0.29) is 17.2 Å². The molecule has 3 rings (SSSR count). The molecule has 2 aromatic carbocycles. The van der Waals surface area contributed by atoms with Crippen LogP contribution in [-0.4, -0.2) is 40.6 Å². The molecular weight excluding hydrogens is 412 g/mol. The number of thioether (sulfide) groups is 1. The molecule has 10 heteroatoms. The highest BCUT2D eigenvalue weighted by Gasteiger charge is 2.36. The lowest BCUT2D eigenvalue weighted by atomic mass is 10.2. The van der Waals surface area contributed by atoms with E-state index in [4.69, 9.17) is 4.74 Å². The molecule has 9 nitrogen and oxygen atoms in total. The lowest BCUT2D eigenvalue weighted by molar-refractivity contribution is -0.384. The molecule has 1 fully saturated rings. The molecule has 0 saturated carbocycles. The quantitative estimate of drug-likeness (QED) is 0.285. The molecule has 154 valence electrons. The highest BCUT2D eigenvalue weighted by molar-refractivity contribution is 8.18. The number of esters is 1. The zero-order valence-corrected chi connectivity index (χ0v) is 16.6. The van der Waals surface area contributed by atoms with Gasteiger partial charge in [0.15, 0.2) is 0 Å². The normalized spacial score (nSPS) is 14.8. The second-order valence-corrected chi connectivity index (χ2v) is 7.12. The van der Waals surface area contributed by atoms with Crippen molar-refractivity contribution in [1.82, 2.24) is 4.90 Å². The zero-order chi connectivity index (χ0) is 21.7. The number of nitrogens with zero attached hydrogens (tertiary/aromatic N) is 2. The molecule has 0 unspecified atom stereocenters. The summed E-state index contributed by atoms with van der Waals surface area (Å²) in [7, 11) is 1.18. The van der Waals surface area contributed by atoms with E-state index < -0.39 is 28.6 Å². The number of imide groups is 1. The third-order valence-electron chi connectivity index (χ3n) is 4.10. The van der Waals surface area contributed by atoms with Gasteiger partial charge < -0.3 is 9.47 Å². The monoisotopic (exact) mass is 428 g/mol. The first-order valence-electron chi connectivity index (χ1n) is 8.66. The second-order valence-electron chi connectivity index (χ2n) is 6.13. The number of methoxy groups -OCH3 is 1. The van der Waals surface area contributed by atoms with E-state index in [1.807, 2.05) is 0 Å². The summed E-state index contributed by atoms with van der Waals surface area (Å²) < 4.78 is 10.2. The standard InChI is InChI=1S/C20H16N2O7S/c1-28-18(23)11-21-19(24)17(30-20(21)25)10-14-3-2-4-16(9-14)29-12-13-5-7-15(8-6-13)22(26)27/h2-10H,11-12H2,1H3/b17-10+. The molecule has 2 amide bonds. The van der Waals surface area contributed by atoms with Crippen molar-refractivity contribution in [2.45, 2.75) is 6.61 Å². The number of hydrogen-bond acceptors (Lipinski definition) is 8. The smallest absolute Gasteiger partial charge is 0.325 e. The van der Waals surface area contributed by atoms with Crippen molar-refractivity contribution in [2.24, 2.45) is 0 Å². The molecule has 0 aromatic heterocycles. The minimum Gasteiger partial charge on any atom is -0.489 e. The van der Waals surface area contributed by atoms with Crippen molar-refractivity contribution in [3.63, 3.8) is 0 Å². The van der Waals surface area contributed by atoms with Crippen molar-refractivity contribution in [1.29, 1.82) is 0 Å². The Hall–Kier alpha value is -3.66. The first-order chi connectivity index (χ1) is 14.4. The maximum atomic E-state index is 12.4. The molecule has 2 aromatic rings. The molecule has 0 N–H and O–H groups in total. The summed E-state index contributed by atoms with van der Waals surface area (Å²) in [5.41, 5.74) is 1.40. The number of carbonyl (C=O) groups excluding carboxylic acids is 3. The largest absolute Gasteiger partial charge is 0.489 e. The van der Waals surface area contributed by atoms with Gasteiger partial charge in [-0.15, -0.1) is 0 Å². The average Bonchev–Trinajstić information content (AvgIpc) is 3.00. The molecule has 0 atom stereocenters. The average molecular weight is 428 g/mol. The highest BCUT2D eigenvalue weighted by Crippen LogP contribution is 2.32. The Labute approximate surface area is 175 Å². The summed E-state index contributed by atoms with van der Waals surface area (Å²) in [6.45, 7) is -0.228. The fraction of sp³-hybridized carbons (Fsp3) is 0.150. The Balaban J connectivity index is 1.68. The highest BCUT2D eigenvalue weighted by atomic mass is 32.2. The molecule has 1 aliphatic rings. The predicted molar refractivity (Wildman–Crippen MR) is 109 cm³/mol. The summed E-state index contributed by atoms with van der Waals surface area (Å²) in [5, 5.41) is 10.2. The van der Waals surface area contributed by atoms with Gasteiger partial charge in [0, 0.05) is 12.1 Å². The van der Waals surface area contributed by atoms with Crippen LogP contribution >= 0.6 is 11.8 Å². The zero-order valence-electron chi connectivity index (χ0n) is 15.8. The van der Waals surface area contributed by atoms with Crippen LogP contribution in [0.25, 0.3) is 6.08 Å². The van der Waals surface area contributed by atoms with Crippen LogP contribution in [0.1, 0.15) is 11.1 Å². The van der Waals surface area contributed by atoms with Crippen LogP contribution < -0.4 is 4.74 Å². The van der Waals surface area contributed by atoms with Gasteiger partial charge in [-0.3, -0.25) is 29.4 Å². The van der Waals surface area contributed by atoms with Crippen LogP contribution in [0.15, 0.2) is 53.4 Å². The van der Waals surface area contributed by atoms with Gasteiger partial charge in [0.2, 0.25) is 0 Å². The number of hydrogen-bond donors (Lipinski definition) is 0. The molecule has 1 heterocycles. The van der Waals surface area contributed by atoms with Gasteiger partial charge >= 0.3 is 5.97 Å². The van der Waals surface area contributed by atoms with Gasteiger partial charge in [0.1, 0.15) is 18.9 Å². The lowest BCUT2D eigenvalue weighted by Crippen LogP contribution is -2.34. The molecule has 0 radical (unpaired) electrons. The predicted octanol–water partition coefficient (Wildman–Crippen LogP) is 3.38. The van der Waals surface area contributed by atoms with Gasteiger partial charge in [0.05, 0.1) is 16.9 Å². The number of benzene rings is 2. The number of amides is 2. The maximum absolute atomic E-state index is 12.4. The molecule has 1 aliphatic heterocycles. The summed E-state index contributed by atoms with van der Waals surface area (Å²) in [6.07, 6.45) is 1.54. The van der Waals surface area contributed by atoms with Crippen molar-refractivity contribution in [3.05, 3.63) is 74.7 Å². The molecule has 0 bridgehead atoms. The van der Waals surface area contributed by atoms with E-state index in [0.717, 1.165) is 22.2 Å². The van der Waals surface area contributed by atoms with Crippen LogP contribution in [0.3, 0.4) is 0 Å². The maximum Gasteiger partial charge on any atom is 0.325 e. The number of nitro benzene ring substituents is 1. The van der Waals surface area contributed by atoms with E-state index in [2.05, 4.69) is 4.74 Å². The van der Waals surface area contributed by atoms with Gasteiger partial charge in [0.25, 0.3) is 16.8 Å². The third kappa shape index (κ3) is 5.03. The Morgan fingerprint density at radius 1 is 1.20 bits per heavy atom. The minimum atomic E-state index is -0.680. The number of carbonyl (C=O) groups is 3. The van der Waals surface area contributed by atoms with Gasteiger partial charge in [-0.1, -0.05) is 12.1 Å². The number of non-ortho nitro benzene ring substituents is 1. The molecule has 1 saturated heterocycles. The molecular formula is C20H16N2O7S. The second kappa shape index (κ2) is 9.23. The van der Waals surface area contributed by atoms with E-state index >= 15 is 0 Å². The van der Waals surface area contributed by atoms with Crippen LogP contribution in [0.4, 0.5) is 10.5 Å². The SMILES string of the molecule is COC(=O)CN1C(=O)S/C(=C/c2cccc(OCc3ccc([N+](=O)[O-])cc3)c2)C1=O. The lowest BCUT2D eigenvalue weighted by Gasteiger charge is -2.09. The fourth-order valence-corrected chi connectivity index (χ4v) is 3.39. The van der Waals surface area contributed by atoms with Gasteiger partial charge in [-0.2, -0.15) is 0 Å². The fourth-order valence-electron chi connectivity index (χ4n) is 2.56. The first-order valence-corrected chi connectivity index (χ1v) is 9.47. The Kier molecular flexibility index (Phi) is 6.48. The minimum absolute atomic E-state index is 0.00175. The topological polar surface area (TPSA) is 116 Å². The number of rotatable bonds is 7. The van der Waals surface area contributed by atoms with E-state index in [0.29, 0.717) is 11.3 Å². The van der Waals surface area contributed by atoms with E-state index in [1.165, 1.54) is 19.2 Å². The van der Waals surface area contributed by atoms with Crippen molar-refractivity contribution in [2.75, 3.05) is 13.7 Å². The number of ether oxygens (including phenoxy) is 2. The summed E-state index contributed by atoms with van der Waals surface area (Å²) in [4.78, 5) is 47.0. The molecule has 30 heavy (non-hydrogen) atoms. The van der Waals surface area contributed by atoms with Crippen molar-refractivity contribution in [3.8, 4) is 5.75 Å². The van der Waals surface area contributed by atoms with Crippen LogP contribution in [0.2, 0.25) is 0 Å². The Morgan fingerprint density at radius 3 is 2.60 bits per heavy atom. The first kappa shape index (κ1) is 21.1. The van der Waals surface area contributed by atoms with Gasteiger partial charge in [-0.25, -0.2) is 0 Å². The van der Waals surface area contributed by atoms with Gasteiger partial charge in [-0.05, 0) is 53.2 Å². The van der Waals surface area contributed by atoms with E-state index in [9.17, 15) is 24.5 Å². The summed E-state index contributed by atoms with van der Waals surface area (Å²) in [5.74, 6) is -0.719. The van der Waals surface area contributed by atoms with E-state index in [1.54, 1.807) is 42.5 Å². The number of nitro groups is 1.